The Balaban J connectivity index is 0.00000162. The first-order valence-electron chi connectivity index (χ1n) is 5.25. The fourth-order valence-electron chi connectivity index (χ4n) is 1.60. The lowest BCUT2D eigenvalue weighted by Crippen LogP contribution is -2.02. The number of anilines is 1. The van der Waals surface area contributed by atoms with Gasteiger partial charge in [0.25, 0.3) is 0 Å². The number of halogens is 2. The maximum atomic E-state index is 13.0. The summed E-state index contributed by atoms with van der Waals surface area (Å²) in [5.41, 5.74) is 1.82. The fourth-order valence-corrected chi connectivity index (χ4v) is 1.60. The number of nitrogens with zero attached hydrogens (tertiary/aromatic N) is 2. The summed E-state index contributed by atoms with van der Waals surface area (Å²) in [5, 5.41) is 7.18. The molecule has 0 saturated heterocycles. The molecule has 0 unspecified atom stereocenters. The van der Waals surface area contributed by atoms with Crippen LogP contribution in [0.25, 0.3) is 0 Å². The lowest BCUT2D eigenvalue weighted by atomic mass is 10.2. The van der Waals surface area contributed by atoms with Gasteiger partial charge in [-0.05, 0) is 6.07 Å². The summed E-state index contributed by atoms with van der Waals surface area (Å²) < 4.78 is 19.9. The van der Waals surface area contributed by atoms with Crippen molar-refractivity contribution in [3.8, 4) is 5.75 Å². The van der Waals surface area contributed by atoms with E-state index in [1.165, 1.54) is 19.2 Å². The van der Waals surface area contributed by atoms with E-state index in [1.54, 1.807) is 16.9 Å². The van der Waals surface area contributed by atoms with Gasteiger partial charge in [-0.1, -0.05) is 6.07 Å². The summed E-state index contributed by atoms with van der Waals surface area (Å²) in [5.74, 6) is 0.230. The predicted octanol–water partition coefficient (Wildman–Crippen LogP) is 2.54. The molecule has 0 aliphatic heterocycles. The van der Waals surface area contributed by atoms with Crippen molar-refractivity contribution in [3.63, 3.8) is 0 Å². The highest BCUT2D eigenvalue weighted by atomic mass is 35.5. The van der Waals surface area contributed by atoms with Crippen molar-refractivity contribution in [2.75, 3.05) is 19.5 Å². The molecule has 6 heteroatoms. The zero-order valence-corrected chi connectivity index (χ0v) is 11.0. The van der Waals surface area contributed by atoms with Crippen LogP contribution in [0.15, 0.2) is 30.6 Å². The van der Waals surface area contributed by atoms with Crippen molar-refractivity contribution >= 4 is 18.1 Å². The van der Waals surface area contributed by atoms with Gasteiger partial charge < -0.3 is 10.1 Å². The highest BCUT2D eigenvalue weighted by Crippen LogP contribution is 2.20. The number of ether oxygens (including phenoxy) is 1. The number of methoxy groups -OCH3 is 1. The third kappa shape index (κ3) is 3.13. The van der Waals surface area contributed by atoms with E-state index in [1.807, 2.05) is 13.2 Å². The number of benzene rings is 1. The van der Waals surface area contributed by atoms with E-state index >= 15 is 0 Å². The molecule has 1 aromatic carbocycles. The van der Waals surface area contributed by atoms with Crippen molar-refractivity contribution in [1.29, 1.82) is 0 Å². The summed E-state index contributed by atoms with van der Waals surface area (Å²) in [4.78, 5) is 0. The molecule has 0 saturated carbocycles. The Morgan fingerprint density at radius 3 is 2.83 bits per heavy atom. The topological polar surface area (TPSA) is 39.1 Å². The predicted molar refractivity (Wildman–Crippen MR) is 71.1 cm³/mol. The molecule has 98 valence electrons. The first-order chi connectivity index (χ1) is 8.22. The van der Waals surface area contributed by atoms with Crippen LogP contribution in [0.2, 0.25) is 0 Å². The van der Waals surface area contributed by atoms with Crippen molar-refractivity contribution in [3.05, 3.63) is 42.0 Å². The second kappa shape index (κ2) is 6.26. The summed E-state index contributed by atoms with van der Waals surface area (Å²) in [6.07, 6.45) is 3.61. The van der Waals surface area contributed by atoms with Gasteiger partial charge in [-0.3, -0.25) is 4.68 Å². The molecule has 1 aromatic heterocycles. The second-order valence-corrected chi connectivity index (χ2v) is 3.63. The Morgan fingerprint density at radius 2 is 2.22 bits per heavy atom. The summed E-state index contributed by atoms with van der Waals surface area (Å²) in [6, 6.07) is 4.49. The van der Waals surface area contributed by atoms with Crippen LogP contribution in [0, 0.1) is 5.82 Å². The first-order valence-corrected chi connectivity index (χ1v) is 5.25. The van der Waals surface area contributed by atoms with Gasteiger partial charge >= 0.3 is 0 Å². The molecule has 0 amide bonds. The average Bonchev–Trinajstić information content (AvgIpc) is 2.79. The third-order valence-electron chi connectivity index (χ3n) is 2.50. The Bertz CT molecular complexity index is 516. The number of nitrogens with one attached hydrogen (secondary N) is 1. The van der Waals surface area contributed by atoms with Gasteiger partial charge in [-0.25, -0.2) is 4.39 Å². The molecule has 18 heavy (non-hydrogen) atoms. The van der Waals surface area contributed by atoms with Crippen LogP contribution in [0.3, 0.4) is 0 Å². The van der Waals surface area contributed by atoms with Crippen molar-refractivity contribution in [2.24, 2.45) is 0 Å². The highest BCUT2D eigenvalue weighted by molar-refractivity contribution is 5.85. The third-order valence-corrected chi connectivity index (χ3v) is 2.50. The zero-order chi connectivity index (χ0) is 12.3. The number of hydrogen-bond donors (Lipinski definition) is 1. The monoisotopic (exact) mass is 271 g/mol. The largest absolute Gasteiger partial charge is 0.496 e. The Morgan fingerprint density at radius 1 is 1.44 bits per heavy atom. The van der Waals surface area contributed by atoms with Crippen molar-refractivity contribution in [2.45, 2.75) is 6.54 Å². The molecule has 1 N–H and O–H groups in total. The van der Waals surface area contributed by atoms with Crippen LogP contribution in [0.4, 0.5) is 10.1 Å². The summed E-state index contributed by atoms with van der Waals surface area (Å²) in [6.45, 7) is 0.547. The molecule has 0 fully saturated rings. The fraction of sp³-hybridized carbons (Fsp3) is 0.250. The van der Waals surface area contributed by atoms with Gasteiger partial charge in [0.15, 0.2) is 0 Å². The van der Waals surface area contributed by atoms with Gasteiger partial charge in [-0.15, -0.1) is 12.4 Å². The quantitative estimate of drug-likeness (QED) is 0.929. The second-order valence-electron chi connectivity index (χ2n) is 3.63. The Kier molecular flexibility index (Phi) is 4.97. The summed E-state index contributed by atoms with van der Waals surface area (Å²) in [7, 11) is 3.36. The maximum absolute atomic E-state index is 13.0. The molecule has 4 nitrogen and oxygen atoms in total. The van der Waals surface area contributed by atoms with E-state index in [0.29, 0.717) is 12.3 Å². The molecule has 0 atom stereocenters. The van der Waals surface area contributed by atoms with Crippen LogP contribution < -0.4 is 10.1 Å². The van der Waals surface area contributed by atoms with E-state index in [9.17, 15) is 4.39 Å². The molecule has 0 aliphatic carbocycles. The van der Waals surface area contributed by atoms with E-state index in [0.717, 1.165) is 11.3 Å². The Hall–Kier alpha value is -1.75. The van der Waals surface area contributed by atoms with Crippen LogP contribution in [0.1, 0.15) is 5.56 Å². The van der Waals surface area contributed by atoms with Gasteiger partial charge in [0.1, 0.15) is 11.6 Å². The molecule has 0 bridgehead atoms. The molecule has 2 aromatic rings. The highest BCUT2D eigenvalue weighted by Gasteiger charge is 2.06. The molecule has 0 aliphatic rings. The number of hydrogen-bond acceptors (Lipinski definition) is 3. The van der Waals surface area contributed by atoms with Crippen LogP contribution in [-0.4, -0.2) is 23.9 Å². The maximum Gasteiger partial charge on any atom is 0.126 e. The lowest BCUT2D eigenvalue weighted by Gasteiger charge is -2.08. The minimum atomic E-state index is -0.304. The van der Waals surface area contributed by atoms with Crippen molar-refractivity contribution in [1.82, 2.24) is 9.78 Å². The SMILES string of the molecule is CNc1cnn(Cc2ccc(F)cc2OC)c1.Cl. The van der Waals surface area contributed by atoms with Crippen molar-refractivity contribution < 1.29 is 9.13 Å². The van der Waals surface area contributed by atoms with E-state index in [4.69, 9.17) is 4.74 Å². The van der Waals surface area contributed by atoms with Gasteiger partial charge in [-0.2, -0.15) is 5.10 Å². The lowest BCUT2D eigenvalue weighted by molar-refractivity contribution is 0.404. The molecular formula is C12H15ClFN3O. The molecule has 0 spiro atoms. The van der Waals surface area contributed by atoms with Crippen LogP contribution in [0.5, 0.6) is 5.75 Å². The van der Waals surface area contributed by atoms with Gasteiger partial charge in [0.2, 0.25) is 0 Å². The van der Waals surface area contributed by atoms with E-state index in [2.05, 4.69) is 10.4 Å². The summed E-state index contributed by atoms with van der Waals surface area (Å²) >= 11 is 0. The van der Waals surface area contributed by atoms with Gasteiger partial charge in [0, 0.05) is 24.9 Å². The van der Waals surface area contributed by atoms with Gasteiger partial charge in [0.05, 0.1) is 25.5 Å². The minimum absolute atomic E-state index is 0. The molecule has 1 heterocycles. The average molecular weight is 272 g/mol. The number of rotatable bonds is 4. The first kappa shape index (κ1) is 14.3. The van der Waals surface area contributed by atoms with Crippen LogP contribution in [-0.2, 0) is 6.54 Å². The van der Waals surface area contributed by atoms with E-state index in [-0.39, 0.29) is 18.2 Å². The zero-order valence-electron chi connectivity index (χ0n) is 10.2. The minimum Gasteiger partial charge on any atom is -0.496 e. The van der Waals surface area contributed by atoms with E-state index < -0.39 is 0 Å². The smallest absolute Gasteiger partial charge is 0.126 e. The normalized spacial score (nSPS) is 9.72. The molecule has 0 radical (unpaired) electrons. The number of aromatic nitrogens is 2. The van der Waals surface area contributed by atoms with Crippen LogP contribution >= 0.6 is 12.4 Å². The standard InChI is InChI=1S/C12H14FN3O.ClH/c1-14-11-6-15-16(8-11)7-9-3-4-10(13)5-12(9)17-2;/h3-6,8,14H,7H2,1-2H3;1H. The Labute approximate surface area is 111 Å². The molecule has 2 rings (SSSR count). The molecular weight excluding hydrogens is 257 g/mol.